The van der Waals surface area contributed by atoms with Crippen molar-refractivity contribution in [2.75, 3.05) is 18.5 Å². The van der Waals surface area contributed by atoms with Crippen LogP contribution in [-0.2, 0) is 16.0 Å². The van der Waals surface area contributed by atoms with Crippen molar-refractivity contribution >= 4 is 11.6 Å². The van der Waals surface area contributed by atoms with Crippen LogP contribution in [0.15, 0.2) is 42.5 Å². The quantitative estimate of drug-likeness (QED) is 0.806. The van der Waals surface area contributed by atoms with E-state index in [0.29, 0.717) is 36.4 Å². The van der Waals surface area contributed by atoms with Gasteiger partial charge in [0.25, 0.3) is 0 Å². The van der Waals surface area contributed by atoms with E-state index in [0.717, 1.165) is 30.6 Å². The van der Waals surface area contributed by atoms with Crippen molar-refractivity contribution in [2.24, 2.45) is 0 Å². The summed E-state index contributed by atoms with van der Waals surface area (Å²) in [6.45, 7) is 3.29. The molecule has 1 N–H and O–H groups in total. The van der Waals surface area contributed by atoms with Crippen molar-refractivity contribution in [3.05, 3.63) is 59.2 Å². The van der Waals surface area contributed by atoms with Crippen LogP contribution in [0, 0.1) is 18.3 Å². The molecule has 0 saturated carbocycles. The molecule has 5 nitrogen and oxygen atoms in total. The molecule has 1 heterocycles. The van der Waals surface area contributed by atoms with Crippen molar-refractivity contribution in [2.45, 2.75) is 38.7 Å². The first-order chi connectivity index (χ1) is 13.1. The summed E-state index contributed by atoms with van der Waals surface area (Å²) >= 11 is 0. The van der Waals surface area contributed by atoms with Gasteiger partial charge in [-0.3, -0.25) is 4.79 Å². The van der Waals surface area contributed by atoms with Gasteiger partial charge in [0, 0.05) is 13.0 Å². The number of nitriles is 1. The number of amides is 1. The van der Waals surface area contributed by atoms with Gasteiger partial charge in [-0.25, -0.2) is 0 Å². The Balaban J connectivity index is 1.56. The number of anilines is 1. The van der Waals surface area contributed by atoms with E-state index >= 15 is 0 Å². The van der Waals surface area contributed by atoms with Gasteiger partial charge in [-0.1, -0.05) is 18.2 Å². The topological polar surface area (TPSA) is 71.4 Å². The van der Waals surface area contributed by atoms with Crippen LogP contribution < -0.4 is 10.1 Å². The fourth-order valence-corrected chi connectivity index (χ4v) is 3.03. The Hall–Kier alpha value is -2.84. The fourth-order valence-electron chi connectivity index (χ4n) is 3.03. The summed E-state index contributed by atoms with van der Waals surface area (Å²) in [4.78, 5) is 12.4. The Morgan fingerprint density at radius 2 is 2.11 bits per heavy atom. The van der Waals surface area contributed by atoms with Gasteiger partial charge in [-0.2, -0.15) is 5.26 Å². The van der Waals surface area contributed by atoms with Gasteiger partial charge in [0.05, 0.1) is 23.4 Å². The van der Waals surface area contributed by atoms with Gasteiger partial charge in [0.2, 0.25) is 5.91 Å². The lowest BCUT2D eigenvalue weighted by Crippen LogP contribution is -2.18. The SMILES string of the molecule is Cc1ccc(NC(=O)CCc2ccc(C#N)cc2)c(OCC2CCCO2)c1. The average molecular weight is 364 g/mol. The first kappa shape index (κ1) is 18.9. The molecule has 27 heavy (non-hydrogen) atoms. The number of nitrogens with one attached hydrogen (secondary N) is 1. The molecule has 0 bridgehead atoms. The Bertz CT molecular complexity index is 818. The van der Waals surface area contributed by atoms with Crippen LogP contribution in [-0.4, -0.2) is 25.2 Å². The summed E-state index contributed by atoms with van der Waals surface area (Å²) in [5.41, 5.74) is 3.41. The Morgan fingerprint density at radius 3 is 2.81 bits per heavy atom. The first-order valence-corrected chi connectivity index (χ1v) is 9.28. The molecule has 1 aliphatic heterocycles. The molecule has 1 unspecified atom stereocenters. The molecule has 2 aromatic rings. The first-order valence-electron chi connectivity index (χ1n) is 9.28. The molecular formula is C22H24N2O3. The summed E-state index contributed by atoms with van der Waals surface area (Å²) < 4.78 is 11.5. The highest BCUT2D eigenvalue weighted by molar-refractivity contribution is 5.92. The lowest BCUT2D eigenvalue weighted by atomic mass is 10.1. The zero-order chi connectivity index (χ0) is 19.1. The molecule has 1 atom stereocenters. The lowest BCUT2D eigenvalue weighted by molar-refractivity contribution is -0.116. The molecule has 1 aliphatic rings. The summed E-state index contributed by atoms with van der Waals surface area (Å²) in [6, 6.07) is 15.2. The van der Waals surface area contributed by atoms with Crippen LogP contribution in [0.1, 0.15) is 36.0 Å². The Labute approximate surface area is 159 Å². The zero-order valence-electron chi connectivity index (χ0n) is 15.5. The number of carbonyl (C=O) groups is 1. The molecule has 0 aliphatic carbocycles. The summed E-state index contributed by atoms with van der Waals surface area (Å²) in [5, 5.41) is 11.8. The summed E-state index contributed by atoms with van der Waals surface area (Å²) in [6.07, 6.45) is 3.20. The van der Waals surface area contributed by atoms with E-state index in [1.54, 1.807) is 12.1 Å². The maximum absolute atomic E-state index is 12.4. The predicted molar refractivity (Wildman–Crippen MR) is 104 cm³/mol. The van der Waals surface area contributed by atoms with Crippen LogP contribution in [0.5, 0.6) is 5.75 Å². The van der Waals surface area contributed by atoms with Crippen LogP contribution in [0.2, 0.25) is 0 Å². The van der Waals surface area contributed by atoms with E-state index in [2.05, 4.69) is 11.4 Å². The summed E-state index contributed by atoms with van der Waals surface area (Å²) in [7, 11) is 0. The van der Waals surface area contributed by atoms with E-state index in [1.165, 1.54) is 0 Å². The van der Waals surface area contributed by atoms with Gasteiger partial charge in [0.1, 0.15) is 12.4 Å². The maximum Gasteiger partial charge on any atom is 0.224 e. The van der Waals surface area contributed by atoms with Gasteiger partial charge in [-0.05, 0) is 61.6 Å². The van der Waals surface area contributed by atoms with Gasteiger partial charge in [0.15, 0.2) is 0 Å². The van der Waals surface area contributed by atoms with Crippen molar-refractivity contribution in [1.82, 2.24) is 0 Å². The van der Waals surface area contributed by atoms with Crippen molar-refractivity contribution < 1.29 is 14.3 Å². The molecule has 1 amide bonds. The minimum Gasteiger partial charge on any atom is -0.489 e. The lowest BCUT2D eigenvalue weighted by Gasteiger charge is -2.16. The van der Waals surface area contributed by atoms with Crippen LogP contribution in [0.25, 0.3) is 0 Å². The van der Waals surface area contributed by atoms with E-state index in [-0.39, 0.29) is 12.0 Å². The Kier molecular flexibility index (Phi) is 6.45. The summed E-state index contributed by atoms with van der Waals surface area (Å²) in [5.74, 6) is 0.613. The Morgan fingerprint density at radius 1 is 1.30 bits per heavy atom. The maximum atomic E-state index is 12.4. The smallest absolute Gasteiger partial charge is 0.224 e. The standard InChI is InChI=1S/C22H24N2O3/c1-16-4-10-20(21(13-16)27-15-19-3-2-12-26-19)24-22(25)11-9-17-5-7-18(14-23)8-6-17/h4-8,10,13,19H,2-3,9,11-12,15H2,1H3,(H,24,25). The number of hydrogen-bond acceptors (Lipinski definition) is 4. The van der Waals surface area contributed by atoms with E-state index in [4.69, 9.17) is 14.7 Å². The second-order valence-corrected chi connectivity index (χ2v) is 6.80. The van der Waals surface area contributed by atoms with Crippen molar-refractivity contribution in [3.8, 4) is 11.8 Å². The minimum atomic E-state index is -0.0646. The normalized spacial score (nSPS) is 15.9. The van der Waals surface area contributed by atoms with Gasteiger partial charge < -0.3 is 14.8 Å². The number of aryl methyl sites for hydroxylation is 2. The average Bonchev–Trinajstić information content (AvgIpc) is 3.20. The van der Waals surface area contributed by atoms with Crippen molar-refractivity contribution in [1.29, 1.82) is 5.26 Å². The second-order valence-electron chi connectivity index (χ2n) is 6.80. The third-order valence-electron chi connectivity index (χ3n) is 4.58. The number of nitrogens with zero attached hydrogens (tertiary/aromatic N) is 1. The van der Waals surface area contributed by atoms with Crippen LogP contribution >= 0.6 is 0 Å². The van der Waals surface area contributed by atoms with E-state index in [1.807, 2.05) is 37.3 Å². The molecule has 5 heteroatoms. The van der Waals surface area contributed by atoms with E-state index in [9.17, 15) is 4.79 Å². The molecule has 1 saturated heterocycles. The largest absolute Gasteiger partial charge is 0.489 e. The van der Waals surface area contributed by atoms with Gasteiger partial charge in [-0.15, -0.1) is 0 Å². The molecular weight excluding hydrogens is 340 g/mol. The second kappa shape index (κ2) is 9.20. The number of ether oxygens (including phenoxy) is 2. The monoisotopic (exact) mass is 364 g/mol. The number of hydrogen-bond donors (Lipinski definition) is 1. The molecule has 0 aromatic heterocycles. The number of benzene rings is 2. The molecule has 0 spiro atoms. The minimum absolute atomic E-state index is 0.0646. The molecule has 1 fully saturated rings. The highest BCUT2D eigenvalue weighted by atomic mass is 16.5. The zero-order valence-corrected chi connectivity index (χ0v) is 15.5. The fraction of sp³-hybridized carbons (Fsp3) is 0.364. The molecule has 2 aromatic carbocycles. The van der Waals surface area contributed by atoms with Crippen LogP contribution in [0.4, 0.5) is 5.69 Å². The van der Waals surface area contributed by atoms with Crippen LogP contribution in [0.3, 0.4) is 0 Å². The molecule has 140 valence electrons. The highest BCUT2D eigenvalue weighted by Gasteiger charge is 2.17. The number of rotatable bonds is 7. The van der Waals surface area contributed by atoms with Crippen molar-refractivity contribution in [3.63, 3.8) is 0 Å². The number of carbonyl (C=O) groups excluding carboxylic acids is 1. The highest BCUT2D eigenvalue weighted by Crippen LogP contribution is 2.27. The third-order valence-corrected chi connectivity index (χ3v) is 4.58. The molecule has 0 radical (unpaired) electrons. The van der Waals surface area contributed by atoms with Gasteiger partial charge >= 0.3 is 0 Å². The predicted octanol–water partition coefficient (Wildman–Crippen LogP) is 4.00. The molecule has 3 rings (SSSR count). The third kappa shape index (κ3) is 5.57. The van der Waals surface area contributed by atoms with E-state index < -0.39 is 0 Å².